The summed E-state index contributed by atoms with van der Waals surface area (Å²) in [5.74, 6) is 1.57. The van der Waals surface area contributed by atoms with Crippen LogP contribution in [0, 0.1) is 0 Å². The molecular formula is C18H13N3O3S. The Morgan fingerprint density at radius 1 is 1.24 bits per heavy atom. The summed E-state index contributed by atoms with van der Waals surface area (Å²) < 4.78 is 11.0. The lowest BCUT2D eigenvalue weighted by Gasteiger charge is -2.01. The van der Waals surface area contributed by atoms with E-state index in [1.54, 1.807) is 6.07 Å². The number of hydrogen-bond acceptors (Lipinski definition) is 6. The number of aromatic nitrogens is 2. The maximum atomic E-state index is 12.5. The van der Waals surface area contributed by atoms with Gasteiger partial charge in [-0.15, -0.1) is 11.3 Å². The highest BCUT2D eigenvalue weighted by Gasteiger charge is 2.29. The Kier molecular flexibility index (Phi) is 3.21. The Morgan fingerprint density at radius 3 is 2.96 bits per heavy atom. The average Bonchev–Trinajstić information content (AvgIpc) is 3.03. The molecule has 124 valence electrons. The Labute approximate surface area is 146 Å². The summed E-state index contributed by atoms with van der Waals surface area (Å²) in [6.07, 6.45) is 2.22. The molecule has 0 aliphatic heterocycles. The molecule has 25 heavy (non-hydrogen) atoms. The first-order chi connectivity index (χ1) is 12.3. The van der Waals surface area contributed by atoms with E-state index in [9.17, 15) is 4.79 Å². The van der Waals surface area contributed by atoms with Gasteiger partial charge in [0.15, 0.2) is 11.6 Å². The second-order valence-electron chi connectivity index (χ2n) is 6.00. The number of benzene rings is 1. The minimum atomic E-state index is -0.308. The van der Waals surface area contributed by atoms with Crippen molar-refractivity contribution in [1.29, 1.82) is 0 Å². The Hall–Kier alpha value is -2.93. The molecule has 1 aliphatic carbocycles. The molecule has 3 heterocycles. The molecule has 6 nitrogen and oxygen atoms in total. The third kappa shape index (κ3) is 2.62. The Morgan fingerprint density at radius 2 is 2.12 bits per heavy atom. The largest absolute Gasteiger partial charge is 0.451 e. The summed E-state index contributed by atoms with van der Waals surface area (Å²) in [5, 5.41) is 9.67. The van der Waals surface area contributed by atoms with E-state index in [1.807, 2.05) is 35.7 Å². The molecule has 5 rings (SSSR count). The topological polar surface area (TPSA) is 81.2 Å². The Bertz CT molecular complexity index is 1040. The second-order valence-corrected chi connectivity index (χ2v) is 6.91. The summed E-state index contributed by atoms with van der Waals surface area (Å²) in [6.45, 7) is 0. The van der Waals surface area contributed by atoms with Gasteiger partial charge in [0.05, 0.1) is 5.69 Å². The van der Waals surface area contributed by atoms with Gasteiger partial charge in [-0.25, -0.2) is 0 Å². The van der Waals surface area contributed by atoms with Gasteiger partial charge >= 0.3 is 0 Å². The number of hydrogen-bond donors (Lipinski definition) is 1. The van der Waals surface area contributed by atoms with Gasteiger partial charge in [0, 0.05) is 11.3 Å². The lowest BCUT2D eigenvalue weighted by molar-refractivity contribution is 0.0999. The summed E-state index contributed by atoms with van der Waals surface area (Å²) in [5.41, 5.74) is 1.32. The zero-order chi connectivity index (χ0) is 16.8. The summed E-state index contributed by atoms with van der Waals surface area (Å²) in [4.78, 5) is 17.7. The van der Waals surface area contributed by atoms with E-state index in [0.29, 0.717) is 23.1 Å². The molecule has 1 saturated carbocycles. The van der Waals surface area contributed by atoms with Gasteiger partial charge in [-0.05, 0) is 36.4 Å². The maximum Gasteiger partial charge on any atom is 0.291 e. The molecule has 4 aromatic rings. The smallest absolute Gasteiger partial charge is 0.291 e. The van der Waals surface area contributed by atoms with E-state index in [1.165, 1.54) is 11.3 Å². The van der Waals surface area contributed by atoms with Gasteiger partial charge in [-0.1, -0.05) is 23.4 Å². The van der Waals surface area contributed by atoms with Crippen molar-refractivity contribution in [2.75, 3.05) is 5.32 Å². The van der Waals surface area contributed by atoms with Crippen molar-refractivity contribution in [3.8, 4) is 10.8 Å². The van der Waals surface area contributed by atoms with Crippen molar-refractivity contribution in [3.63, 3.8) is 0 Å². The van der Waals surface area contributed by atoms with Crippen LogP contribution in [0.3, 0.4) is 0 Å². The van der Waals surface area contributed by atoms with Crippen molar-refractivity contribution < 1.29 is 13.7 Å². The zero-order valence-electron chi connectivity index (χ0n) is 13.1. The molecular weight excluding hydrogens is 338 g/mol. The van der Waals surface area contributed by atoms with E-state index in [2.05, 4.69) is 15.5 Å². The molecule has 0 unspecified atom stereocenters. The molecule has 1 N–H and O–H groups in total. The number of fused-ring (bicyclic) bond motifs is 1. The van der Waals surface area contributed by atoms with Crippen LogP contribution in [0.5, 0.6) is 0 Å². The minimum absolute atomic E-state index is 0.266. The van der Waals surface area contributed by atoms with Crippen molar-refractivity contribution in [3.05, 3.63) is 53.4 Å². The highest BCUT2D eigenvalue weighted by Crippen LogP contribution is 2.40. The second kappa shape index (κ2) is 5.56. The number of nitrogens with one attached hydrogen (secondary N) is 1. The number of carbonyl (C=O) groups excluding carboxylic acids is 1. The number of furan rings is 1. The molecule has 1 amide bonds. The van der Waals surface area contributed by atoms with Crippen LogP contribution in [0.15, 0.2) is 50.7 Å². The van der Waals surface area contributed by atoms with Crippen LogP contribution in [-0.2, 0) is 0 Å². The molecule has 0 atom stereocenters. The summed E-state index contributed by atoms with van der Waals surface area (Å²) in [6, 6.07) is 11.1. The third-order valence-electron chi connectivity index (χ3n) is 4.14. The first kappa shape index (κ1) is 14.4. The highest BCUT2D eigenvalue weighted by molar-refractivity contribution is 7.14. The van der Waals surface area contributed by atoms with Gasteiger partial charge in [-0.3, -0.25) is 4.79 Å². The predicted octanol–water partition coefficient (Wildman–Crippen LogP) is 4.67. The molecule has 0 bridgehead atoms. The predicted molar refractivity (Wildman–Crippen MR) is 93.8 cm³/mol. The minimum Gasteiger partial charge on any atom is -0.451 e. The number of anilines is 1. The molecule has 0 spiro atoms. The number of para-hydroxylation sites is 1. The van der Waals surface area contributed by atoms with E-state index < -0.39 is 0 Å². The molecule has 1 aromatic carbocycles. The van der Waals surface area contributed by atoms with Crippen LogP contribution in [0.1, 0.15) is 35.1 Å². The number of thiophene rings is 1. The fraction of sp³-hybridized carbons (Fsp3) is 0.167. The Balaban J connectivity index is 1.42. The highest BCUT2D eigenvalue weighted by atomic mass is 32.1. The first-order valence-electron chi connectivity index (χ1n) is 7.99. The van der Waals surface area contributed by atoms with Crippen LogP contribution >= 0.6 is 11.3 Å². The quantitative estimate of drug-likeness (QED) is 0.577. The molecule has 3 aromatic heterocycles. The average molecular weight is 351 g/mol. The molecule has 1 aliphatic rings. The standard InChI is InChI=1S/C18H13N3O3S/c22-17(14-9-11-3-1-2-4-13(11)23-14)19-12-7-8-25-15(12)18-20-16(21-24-18)10-5-6-10/h1-4,7-10H,5-6H2,(H,19,22). The van der Waals surface area contributed by atoms with Gasteiger partial charge in [0.1, 0.15) is 10.5 Å². The molecule has 7 heteroatoms. The van der Waals surface area contributed by atoms with Crippen LogP contribution < -0.4 is 5.32 Å². The maximum absolute atomic E-state index is 12.5. The lowest BCUT2D eigenvalue weighted by Crippen LogP contribution is -2.10. The van der Waals surface area contributed by atoms with E-state index in [4.69, 9.17) is 8.94 Å². The van der Waals surface area contributed by atoms with Crippen molar-refractivity contribution in [2.24, 2.45) is 0 Å². The number of rotatable bonds is 4. The van der Waals surface area contributed by atoms with E-state index >= 15 is 0 Å². The number of amides is 1. The molecule has 1 fully saturated rings. The SMILES string of the molecule is O=C(Nc1ccsc1-c1nc(C2CC2)no1)c1cc2ccccc2o1. The summed E-state index contributed by atoms with van der Waals surface area (Å²) in [7, 11) is 0. The van der Waals surface area contributed by atoms with Crippen LogP contribution in [0.2, 0.25) is 0 Å². The van der Waals surface area contributed by atoms with Gasteiger partial charge in [0.25, 0.3) is 11.8 Å². The van der Waals surface area contributed by atoms with Crippen molar-refractivity contribution in [1.82, 2.24) is 10.1 Å². The molecule has 0 saturated heterocycles. The normalized spacial score (nSPS) is 14.1. The monoisotopic (exact) mass is 351 g/mol. The number of carbonyl (C=O) groups is 1. The van der Waals surface area contributed by atoms with Crippen molar-refractivity contribution in [2.45, 2.75) is 18.8 Å². The fourth-order valence-corrected chi connectivity index (χ4v) is 3.46. The number of nitrogens with zero attached hydrogens (tertiary/aromatic N) is 2. The van der Waals surface area contributed by atoms with Gasteiger partial charge < -0.3 is 14.3 Å². The van der Waals surface area contributed by atoms with E-state index in [0.717, 1.165) is 28.9 Å². The van der Waals surface area contributed by atoms with E-state index in [-0.39, 0.29) is 11.7 Å². The van der Waals surface area contributed by atoms with Gasteiger partial charge in [0.2, 0.25) is 0 Å². The third-order valence-corrected chi connectivity index (χ3v) is 5.04. The van der Waals surface area contributed by atoms with Crippen LogP contribution in [0.4, 0.5) is 5.69 Å². The fourth-order valence-electron chi connectivity index (χ4n) is 2.69. The van der Waals surface area contributed by atoms with Gasteiger partial charge in [-0.2, -0.15) is 4.98 Å². The summed E-state index contributed by atoms with van der Waals surface area (Å²) >= 11 is 1.45. The van der Waals surface area contributed by atoms with Crippen molar-refractivity contribution >= 4 is 33.9 Å². The van der Waals surface area contributed by atoms with Crippen LogP contribution in [0.25, 0.3) is 21.7 Å². The first-order valence-corrected chi connectivity index (χ1v) is 8.87. The zero-order valence-corrected chi connectivity index (χ0v) is 13.9. The molecule has 0 radical (unpaired) electrons. The van der Waals surface area contributed by atoms with Crippen LogP contribution in [-0.4, -0.2) is 16.0 Å². The lowest BCUT2D eigenvalue weighted by atomic mass is 10.2.